The number of benzene rings is 2. The van der Waals surface area contributed by atoms with E-state index in [9.17, 15) is 4.79 Å². The van der Waals surface area contributed by atoms with E-state index >= 15 is 0 Å². The van der Waals surface area contributed by atoms with Crippen LogP contribution in [0.4, 0.5) is 17.1 Å². The third kappa shape index (κ3) is 4.09. The van der Waals surface area contributed by atoms with Gasteiger partial charge in [-0.2, -0.15) is 0 Å². The SMILES string of the molecule is C[C@@H](Nc1cccc(N2CCCCC2)c1)C(=O)Nc1cccc2ncccc12. The zero-order chi connectivity index (χ0) is 19.3. The Morgan fingerprint density at radius 3 is 2.71 bits per heavy atom. The maximum absolute atomic E-state index is 12.7. The Kier molecular flexibility index (Phi) is 5.42. The van der Waals surface area contributed by atoms with Crippen LogP contribution in [-0.2, 0) is 4.79 Å². The third-order valence-corrected chi connectivity index (χ3v) is 5.25. The van der Waals surface area contributed by atoms with Crippen molar-refractivity contribution in [1.82, 2.24) is 4.98 Å². The Hall–Kier alpha value is -3.08. The molecular formula is C23H26N4O. The summed E-state index contributed by atoms with van der Waals surface area (Å²) in [5.74, 6) is -0.0697. The van der Waals surface area contributed by atoms with Crippen LogP contribution in [0.15, 0.2) is 60.8 Å². The number of nitrogens with zero attached hydrogens (tertiary/aromatic N) is 2. The molecule has 1 atom stereocenters. The molecule has 5 nitrogen and oxygen atoms in total. The fourth-order valence-electron chi connectivity index (χ4n) is 3.71. The van der Waals surface area contributed by atoms with Crippen LogP contribution in [-0.4, -0.2) is 30.0 Å². The lowest BCUT2D eigenvalue weighted by molar-refractivity contribution is -0.116. The Morgan fingerprint density at radius 2 is 1.86 bits per heavy atom. The summed E-state index contributed by atoms with van der Waals surface area (Å²) in [7, 11) is 0. The molecule has 1 aliphatic heterocycles. The molecule has 0 bridgehead atoms. The van der Waals surface area contributed by atoms with Crippen LogP contribution >= 0.6 is 0 Å². The Bertz CT molecular complexity index is 960. The number of carbonyl (C=O) groups is 1. The van der Waals surface area contributed by atoms with Gasteiger partial charge in [0.15, 0.2) is 0 Å². The Labute approximate surface area is 165 Å². The fourth-order valence-corrected chi connectivity index (χ4v) is 3.71. The van der Waals surface area contributed by atoms with Gasteiger partial charge in [0, 0.05) is 36.0 Å². The molecule has 1 amide bonds. The van der Waals surface area contributed by atoms with E-state index in [1.165, 1.54) is 24.9 Å². The first kappa shape index (κ1) is 18.3. The number of carbonyl (C=O) groups excluding carboxylic acids is 1. The van der Waals surface area contributed by atoms with Crippen LogP contribution in [0.2, 0.25) is 0 Å². The molecule has 2 aromatic carbocycles. The molecule has 0 aliphatic carbocycles. The largest absolute Gasteiger partial charge is 0.374 e. The van der Waals surface area contributed by atoms with E-state index in [2.05, 4.69) is 32.7 Å². The topological polar surface area (TPSA) is 57.3 Å². The van der Waals surface area contributed by atoms with E-state index in [1.54, 1.807) is 6.20 Å². The van der Waals surface area contributed by atoms with Crippen LogP contribution in [0.3, 0.4) is 0 Å². The first-order valence-corrected chi connectivity index (χ1v) is 9.97. The predicted octanol–water partition coefficient (Wildman–Crippen LogP) is 4.66. The van der Waals surface area contributed by atoms with Crippen LogP contribution in [0.25, 0.3) is 10.9 Å². The molecule has 0 spiro atoms. The minimum absolute atomic E-state index is 0.0697. The van der Waals surface area contributed by atoms with Crippen molar-refractivity contribution >= 4 is 33.9 Å². The van der Waals surface area contributed by atoms with E-state index in [0.717, 1.165) is 35.4 Å². The number of nitrogens with one attached hydrogen (secondary N) is 2. The van der Waals surface area contributed by atoms with Crippen molar-refractivity contribution in [2.24, 2.45) is 0 Å². The summed E-state index contributed by atoms with van der Waals surface area (Å²) < 4.78 is 0. The second-order valence-electron chi connectivity index (χ2n) is 7.33. The molecule has 3 aromatic rings. The molecule has 1 aliphatic rings. The minimum atomic E-state index is -0.358. The number of hydrogen-bond acceptors (Lipinski definition) is 4. The second kappa shape index (κ2) is 8.30. The monoisotopic (exact) mass is 374 g/mol. The van der Waals surface area contributed by atoms with Gasteiger partial charge >= 0.3 is 0 Å². The van der Waals surface area contributed by atoms with Gasteiger partial charge in [0.1, 0.15) is 6.04 Å². The lowest BCUT2D eigenvalue weighted by Crippen LogP contribution is -2.32. The van der Waals surface area contributed by atoms with Crippen LogP contribution < -0.4 is 15.5 Å². The van der Waals surface area contributed by atoms with E-state index in [4.69, 9.17) is 0 Å². The van der Waals surface area contributed by atoms with E-state index in [1.807, 2.05) is 49.4 Å². The lowest BCUT2D eigenvalue weighted by Gasteiger charge is -2.29. The molecule has 1 saturated heterocycles. The molecule has 2 N–H and O–H groups in total. The van der Waals surface area contributed by atoms with Crippen molar-refractivity contribution in [2.75, 3.05) is 28.6 Å². The number of pyridine rings is 1. The summed E-state index contributed by atoms with van der Waals surface area (Å²) in [5, 5.41) is 7.31. The van der Waals surface area contributed by atoms with Crippen molar-refractivity contribution in [3.05, 3.63) is 60.8 Å². The van der Waals surface area contributed by atoms with Crippen LogP contribution in [0.5, 0.6) is 0 Å². The maximum Gasteiger partial charge on any atom is 0.246 e. The fraction of sp³-hybridized carbons (Fsp3) is 0.304. The van der Waals surface area contributed by atoms with Gasteiger partial charge < -0.3 is 15.5 Å². The first-order valence-electron chi connectivity index (χ1n) is 9.97. The van der Waals surface area contributed by atoms with Crippen LogP contribution in [0.1, 0.15) is 26.2 Å². The smallest absolute Gasteiger partial charge is 0.246 e. The molecule has 2 heterocycles. The lowest BCUT2D eigenvalue weighted by atomic mass is 10.1. The molecule has 28 heavy (non-hydrogen) atoms. The number of piperidine rings is 1. The van der Waals surface area contributed by atoms with Crippen molar-refractivity contribution in [2.45, 2.75) is 32.2 Å². The van der Waals surface area contributed by atoms with Crippen molar-refractivity contribution in [3.63, 3.8) is 0 Å². The maximum atomic E-state index is 12.7. The highest BCUT2D eigenvalue weighted by Crippen LogP contribution is 2.24. The number of amides is 1. The summed E-state index contributed by atoms with van der Waals surface area (Å²) in [5.41, 5.74) is 3.84. The summed E-state index contributed by atoms with van der Waals surface area (Å²) in [6.45, 7) is 4.09. The molecule has 4 rings (SSSR count). The van der Waals surface area contributed by atoms with Gasteiger partial charge in [-0.3, -0.25) is 9.78 Å². The molecule has 0 unspecified atom stereocenters. The average Bonchev–Trinajstić information content (AvgIpc) is 2.75. The zero-order valence-electron chi connectivity index (χ0n) is 16.2. The zero-order valence-corrected chi connectivity index (χ0v) is 16.2. The number of anilines is 3. The van der Waals surface area contributed by atoms with Gasteiger partial charge in [0.05, 0.1) is 11.2 Å². The Morgan fingerprint density at radius 1 is 1.04 bits per heavy atom. The molecule has 1 fully saturated rings. The standard InChI is InChI=1S/C23H26N4O/c1-17(23(28)26-22-12-6-11-21-20(22)10-7-13-24-21)25-18-8-5-9-19(16-18)27-14-3-2-4-15-27/h5-13,16-17,25H,2-4,14-15H2,1H3,(H,26,28)/t17-/m1/s1. The number of rotatable bonds is 5. The van der Waals surface area contributed by atoms with Gasteiger partial charge in [0.25, 0.3) is 0 Å². The molecule has 0 saturated carbocycles. The van der Waals surface area contributed by atoms with Gasteiger partial charge in [0.2, 0.25) is 5.91 Å². The highest BCUT2D eigenvalue weighted by Gasteiger charge is 2.16. The molecule has 0 radical (unpaired) electrons. The third-order valence-electron chi connectivity index (χ3n) is 5.25. The van der Waals surface area contributed by atoms with Gasteiger partial charge in [-0.1, -0.05) is 12.1 Å². The highest BCUT2D eigenvalue weighted by molar-refractivity contribution is 6.03. The van der Waals surface area contributed by atoms with Crippen molar-refractivity contribution in [1.29, 1.82) is 0 Å². The molecule has 144 valence electrons. The number of hydrogen-bond donors (Lipinski definition) is 2. The summed E-state index contributed by atoms with van der Waals surface area (Å²) in [6.07, 6.45) is 5.56. The van der Waals surface area contributed by atoms with Gasteiger partial charge in [-0.15, -0.1) is 0 Å². The highest BCUT2D eigenvalue weighted by atomic mass is 16.2. The van der Waals surface area contributed by atoms with E-state index in [0.29, 0.717) is 0 Å². The number of fused-ring (bicyclic) bond motifs is 1. The van der Waals surface area contributed by atoms with Crippen LogP contribution in [0, 0.1) is 0 Å². The van der Waals surface area contributed by atoms with E-state index in [-0.39, 0.29) is 11.9 Å². The summed E-state index contributed by atoms with van der Waals surface area (Å²) in [6, 6.07) is 17.6. The molecule has 5 heteroatoms. The predicted molar refractivity (Wildman–Crippen MR) is 116 cm³/mol. The van der Waals surface area contributed by atoms with Crippen molar-refractivity contribution < 1.29 is 4.79 Å². The molecule has 1 aromatic heterocycles. The van der Waals surface area contributed by atoms with Gasteiger partial charge in [-0.05, 0) is 68.7 Å². The quantitative estimate of drug-likeness (QED) is 0.682. The van der Waals surface area contributed by atoms with Crippen molar-refractivity contribution in [3.8, 4) is 0 Å². The molecular weight excluding hydrogens is 348 g/mol. The summed E-state index contributed by atoms with van der Waals surface area (Å²) >= 11 is 0. The Balaban J connectivity index is 1.44. The normalized spacial score (nSPS) is 15.2. The van der Waals surface area contributed by atoms with Gasteiger partial charge in [-0.25, -0.2) is 0 Å². The average molecular weight is 374 g/mol. The second-order valence-corrected chi connectivity index (χ2v) is 7.33. The summed E-state index contributed by atoms with van der Waals surface area (Å²) in [4.78, 5) is 19.5. The minimum Gasteiger partial charge on any atom is -0.374 e. The number of aromatic nitrogens is 1. The van der Waals surface area contributed by atoms with E-state index < -0.39 is 0 Å². The first-order chi connectivity index (χ1) is 13.7.